The van der Waals surface area contributed by atoms with Crippen molar-refractivity contribution in [3.8, 4) is 5.75 Å². The molecule has 3 rings (SSSR count). The van der Waals surface area contributed by atoms with E-state index >= 15 is 0 Å². The average Bonchev–Trinajstić information content (AvgIpc) is 3.31. The van der Waals surface area contributed by atoms with Gasteiger partial charge in [0.1, 0.15) is 12.1 Å². The fraction of sp³-hybridized carbons (Fsp3) is 0.235. The van der Waals surface area contributed by atoms with E-state index in [0.29, 0.717) is 11.7 Å². The Balaban J connectivity index is 1.53. The molecule has 0 radical (unpaired) electrons. The number of carbonyl (C=O) groups is 1. The number of anilines is 1. The molecule has 0 unspecified atom stereocenters. The minimum Gasteiger partial charge on any atom is -0.433 e. The van der Waals surface area contributed by atoms with Gasteiger partial charge in [-0.25, -0.2) is 0 Å². The van der Waals surface area contributed by atoms with E-state index < -0.39 is 6.61 Å². The van der Waals surface area contributed by atoms with Crippen LogP contribution in [0.1, 0.15) is 4.88 Å². The number of thioether (sulfide) groups is 1. The van der Waals surface area contributed by atoms with Gasteiger partial charge in [0.15, 0.2) is 5.16 Å². The van der Waals surface area contributed by atoms with Crippen molar-refractivity contribution in [2.24, 2.45) is 0 Å². The minimum absolute atomic E-state index is 0.0701. The summed E-state index contributed by atoms with van der Waals surface area (Å²) >= 11 is 2.92. The third kappa shape index (κ3) is 5.76. The number of ether oxygens (including phenoxy) is 1. The lowest BCUT2D eigenvalue weighted by Crippen LogP contribution is -2.16. The summed E-state index contributed by atoms with van der Waals surface area (Å²) in [4.78, 5) is 13.4. The summed E-state index contributed by atoms with van der Waals surface area (Å²) in [5, 5.41) is 13.1. The van der Waals surface area contributed by atoms with Gasteiger partial charge in [-0.1, -0.05) is 30.0 Å². The Kier molecular flexibility index (Phi) is 6.77. The Morgan fingerprint density at radius 1 is 1.30 bits per heavy atom. The first kappa shape index (κ1) is 19.3. The number of halogens is 2. The minimum atomic E-state index is -2.96. The van der Waals surface area contributed by atoms with Gasteiger partial charge in [-0.05, 0) is 30.0 Å². The highest BCUT2D eigenvalue weighted by Gasteiger charge is 2.13. The van der Waals surface area contributed by atoms with Gasteiger partial charge in [-0.2, -0.15) is 8.78 Å². The highest BCUT2D eigenvalue weighted by atomic mass is 32.2. The van der Waals surface area contributed by atoms with Crippen molar-refractivity contribution in [2.45, 2.75) is 24.7 Å². The van der Waals surface area contributed by atoms with Crippen LogP contribution < -0.4 is 10.1 Å². The number of aryl methyl sites for hydroxylation is 2. The molecule has 0 saturated carbocycles. The normalized spacial score (nSPS) is 10.9. The van der Waals surface area contributed by atoms with Gasteiger partial charge in [0, 0.05) is 11.4 Å². The molecule has 1 amide bonds. The van der Waals surface area contributed by atoms with Crippen LogP contribution in [0.5, 0.6) is 5.75 Å². The number of nitrogens with zero attached hydrogens (tertiary/aromatic N) is 3. The number of thiophene rings is 1. The van der Waals surface area contributed by atoms with E-state index in [4.69, 9.17) is 0 Å². The van der Waals surface area contributed by atoms with E-state index in [9.17, 15) is 13.6 Å². The highest BCUT2D eigenvalue weighted by Crippen LogP contribution is 2.26. The summed E-state index contributed by atoms with van der Waals surface area (Å²) in [7, 11) is 0. The van der Waals surface area contributed by atoms with E-state index in [1.54, 1.807) is 29.8 Å². The van der Waals surface area contributed by atoms with Crippen molar-refractivity contribution < 1.29 is 18.3 Å². The molecule has 1 aromatic carbocycles. The molecule has 1 N–H and O–H groups in total. The fourth-order valence-corrected chi connectivity index (χ4v) is 3.72. The smallest absolute Gasteiger partial charge is 0.387 e. The molecule has 0 saturated heterocycles. The average molecular weight is 410 g/mol. The van der Waals surface area contributed by atoms with E-state index in [0.717, 1.165) is 6.42 Å². The number of amides is 1. The van der Waals surface area contributed by atoms with Gasteiger partial charge in [0.05, 0.1) is 11.4 Å². The molecule has 27 heavy (non-hydrogen) atoms. The lowest BCUT2D eigenvalue weighted by atomic mass is 10.3. The zero-order valence-corrected chi connectivity index (χ0v) is 15.7. The molecule has 0 fully saturated rings. The Hall–Kier alpha value is -2.46. The Morgan fingerprint density at radius 2 is 2.15 bits per heavy atom. The molecule has 2 heterocycles. The first-order valence-electron chi connectivity index (χ1n) is 7.98. The number of hydrogen-bond acceptors (Lipinski definition) is 6. The van der Waals surface area contributed by atoms with Gasteiger partial charge < -0.3 is 14.6 Å². The summed E-state index contributed by atoms with van der Waals surface area (Å²) in [5.41, 5.74) is 0.197. The number of benzene rings is 1. The van der Waals surface area contributed by atoms with E-state index in [1.165, 1.54) is 28.8 Å². The number of rotatable bonds is 9. The van der Waals surface area contributed by atoms with Gasteiger partial charge in [0.2, 0.25) is 5.91 Å². The number of carbonyl (C=O) groups excluding carboxylic acids is 1. The van der Waals surface area contributed by atoms with Crippen molar-refractivity contribution in [3.05, 3.63) is 53.0 Å². The Labute approximate surface area is 162 Å². The summed E-state index contributed by atoms with van der Waals surface area (Å²) < 4.78 is 31.2. The molecule has 2 aromatic heterocycles. The molecular weight excluding hydrogens is 394 g/mol. The number of nitrogens with one attached hydrogen (secondary N) is 1. The van der Waals surface area contributed by atoms with E-state index in [1.807, 2.05) is 16.0 Å². The second kappa shape index (κ2) is 9.47. The molecule has 0 spiro atoms. The number of aromatic nitrogens is 3. The van der Waals surface area contributed by atoms with Crippen LogP contribution in [0.2, 0.25) is 0 Å². The van der Waals surface area contributed by atoms with E-state index in [-0.39, 0.29) is 23.1 Å². The quantitative estimate of drug-likeness (QED) is 0.542. The largest absolute Gasteiger partial charge is 0.433 e. The van der Waals surface area contributed by atoms with Crippen LogP contribution in [0.3, 0.4) is 0 Å². The molecule has 10 heteroatoms. The van der Waals surface area contributed by atoms with Crippen LogP contribution in [-0.2, 0) is 17.8 Å². The lowest BCUT2D eigenvalue weighted by molar-refractivity contribution is -0.113. The highest BCUT2D eigenvalue weighted by molar-refractivity contribution is 7.99. The fourth-order valence-electron chi connectivity index (χ4n) is 2.28. The molecule has 0 aliphatic rings. The second-order valence-corrected chi connectivity index (χ2v) is 7.32. The zero-order chi connectivity index (χ0) is 19.1. The first-order valence-corrected chi connectivity index (χ1v) is 9.85. The summed E-state index contributed by atoms with van der Waals surface area (Å²) in [5.74, 6) is -0.358. The number of hydrogen-bond donors (Lipinski definition) is 1. The Bertz CT molecular complexity index is 871. The topological polar surface area (TPSA) is 69.0 Å². The SMILES string of the molecule is O=C(CSc1nncn1CCc1cccs1)Nc1ccccc1OC(F)F. The molecule has 142 valence electrons. The third-order valence-electron chi connectivity index (χ3n) is 3.47. The van der Waals surface area contributed by atoms with Gasteiger partial charge in [-0.15, -0.1) is 21.5 Å². The second-order valence-electron chi connectivity index (χ2n) is 5.35. The van der Waals surface area contributed by atoms with Crippen LogP contribution >= 0.6 is 23.1 Å². The zero-order valence-electron chi connectivity index (χ0n) is 14.0. The molecule has 0 bridgehead atoms. The van der Waals surface area contributed by atoms with Crippen LogP contribution in [0.25, 0.3) is 0 Å². The van der Waals surface area contributed by atoms with Crippen molar-refractivity contribution in [1.29, 1.82) is 0 Å². The maximum atomic E-state index is 12.4. The van der Waals surface area contributed by atoms with Gasteiger partial charge in [-0.3, -0.25) is 4.79 Å². The standard InChI is InChI=1S/C17H16F2N4O2S2/c18-16(19)25-14-6-2-1-5-13(14)21-15(24)10-27-17-22-20-11-23(17)8-7-12-4-3-9-26-12/h1-6,9,11,16H,7-8,10H2,(H,21,24). The van der Waals surface area contributed by atoms with Crippen LogP contribution in [0.4, 0.5) is 14.5 Å². The number of alkyl halides is 2. The van der Waals surface area contributed by atoms with Crippen molar-refractivity contribution in [1.82, 2.24) is 14.8 Å². The number of para-hydroxylation sites is 2. The maximum absolute atomic E-state index is 12.4. The lowest BCUT2D eigenvalue weighted by Gasteiger charge is -2.11. The third-order valence-corrected chi connectivity index (χ3v) is 5.39. The predicted molar refractivity (Wildman–Crippen MR) is 100 cm³/mol. The first-order chi connectivity index (χ1) is 13.1. The summed E-state index contributed by atoms with van der Waals surface area (Å²) in [6.45, 7) is -2.25. The molecular formula is C17H16F2N4O2S2. The summed E-state index contributed by atoms with van der Waals surface area (Å²) in [6.07, 6.45) is 2.48. The van der Waals surface area contributed by atoms with Crippen molar-refractivity contribution in [3.63, 3.8) is 0 Å². The van der Waals surface area contributed by atoms with Crippen molar-refractivity contribution >= 4 is 34.7 Å². The maximum Gasteiger partial charge on any atom is 0.387 e. The van der Waals surface area contributed by atoms with Crippen LogP contribution in [0, 0.1) is 0 Å². The molecule has 3 aromatic rings. The van der Waals surface area contributed by atoms with Crippen molar-refractivity contribution in [2.75, 3.05) is 11.1 Å². The Morgan fingerprint density at radius 3 is 2.93 bits per heavy atom. The summed E-state index contributed by atoms with van der Waals surface area (Å²) in [6, 6.07) is 10.1. The molecule has 0 aliphatic heterocycles. The van der Waals surface area contributed by atoms with Gasteiger partial charge >= 0.3 is 6.61 Å². The molecule has 0 aliphatic carbocycles. The molecule has 0 atom stereocenters. The molecule has 6 nitrogen and oxygen atoms in total. The van der Waals surface area contributed by atoms with E-state index in [2.05, 4.69) is 26.3 Å². The monoisotopic (exact) mass is 410 g/mol. The van der Waals surface area contributed by atoms with Gasteiger partial charge in [0.25, 0.3) is 0 Å². The van der Waals surface area contributed by atoms with Crippen LogP contribution in [-0.4, -0.2) is 33.0 Å². The van der Waals surface area contributed by atoms with Crippen LogP contribution in [0.15, 0.2) is 53.3 Å². The predicted octanol–water partition coefficient (Wildman–Crippen LogP) is 3.91.